The molecule has 0 saturated carbocycles. The van der Waals surface area contributed by atoms with Crippen molar-refractivity contribution in [3.63, 3.8) is 0 Å². The number of hydrogen-bond donors (Lipinski definition) is 3. The standard InChI is InChI=1S/C9H12N2O5S/c1-2-5-8(16)11(4-7(14)15)9(17)10(5)3-6(12)13/h16H,2-4H2,1H3,(H,12,13)(H,14,15). The molecule has 0 fully saturated rings. The number of aromatic hydroxyl groups is 1. The van der Waals surface area contributed by atoms with E-state index in [0.717, 1.165) is 4.57 Å². The van der Waals surface area contributed by atoms with Gasteiger partial charge in [0, 0.05) is 0 Å². The number of nitrogens with zero attached hydrogens (tertiary/aromatic N) is 2. The first-order chi connectivity index (χ1) is 7.88. The third-order valence-electron chi connectivity index (χ3n) is 2.22. The van der Waals surface area contributed by atoms with E-state index in [1.165, 1.54) is 4.57 Å². The van der Waals surface area contributed by atoms with Gasteiger partial charge in [-0.3, -0.25) is 14.2 Å². The summed E-state index contributed by atoms with van der Waals surface area (Å²) in [6.07, 6.45) is 0.357. The molecule has 94 valence electrons. The number of carbonyl (C=O) groups is 2. The Morgan fingerprint density at radius 3 is 2.06 bits per heavy atom. The maximum Gasteiger partial charge on any atom is 0.323 e. The van der Waals surface area contributed by atoms with Crippen molar-refractivity contribution in [2.75, 3.05) is 0 Å². The SMILES string of the molecule is CCc1c(O)n(CC(=O)O)c(=S)n1CC(=O)O. The Kier molecular flexibility index (Phi) is 3.89. The Morgan fingerprint density at radius 2 is 1.65 bits per heavy atom. The van der Waals surface area contributed by atoms with Gasteiger partial charge >= 0.3 is 11.9 Å². The first-order valence-electron chi connectivity index (χ1n) is 4.83. The molecule has 0 aliphatic rings. The zero-order chi connectivity index (χ0) is 13.2. The summed E-state index contributed by atoms with van der Waals surface area (Å²) in [7, 11) is 0. The van der Waals surface area contributed by atoms with E-state index in [0.29, 0.717) is 12.1 Å². The first kappa shape index (κ1) is 13.2. The quantitative estimate of drug-likeness (QED) is 0.664. The van der Waals surface area contributed by atoms with Crippen molar-refractivity contribution in [3.8, 4) is 5.88 Å². The molecule has 0 aliphatic carbocycles. The highest BCUT2D eigenvalue weighted by Crippen LogP contribution is 2.21. The van der Waals surface area contributed by atoms with Gasteiger partial charge in [0.05, 0.1) is 5.69 Å². The van der Waals surface area contributed by atoms with Gasteiger partial charge in [-0.25, -0.2) is 0 Å². The number of imidazole rings is 1. The molecule has 0 atom stereocenters. The molecule has 1 heterocycles. The maximum absolute atomic E-state index is 10.7. The zero-order valence-electron chi connectivity index (χ0n) is 9.08. The lowest BCUT2D eigenvalue weighted by Gasteiger charge is -2.01. The van der Waals surface area contributed by atoms with Crippen molar-refractivity contribution in [3.05, 3.63) is 10.5 Å². The molecule has 0 aliphatic heterocycles. The minimum Gasteiger partial charge on any atom is -0.493 e. The monoisotopic (exact) mass is 260 g/mol. The smallest absolute Gasteiger partial charge is 0.323 e. The van der Waals surface area contributed by atoms with Gasteiger partial charge in [0.25, 0.3) is 0 Å². The molecule has 0 amide bonds. The van der Waals surface area contributed by atoms with Crippen molar-refractivity contribution < 1.29 is 24.9 Å². The molecule has 1 aromatic heterocycles. The van der Waals surface area contributed by atoms with E-state index in [2.05, 4.69) is 0 Å². The molecule has 0 bridgehead atoms. The van der Waals surface area contributed by atoms with E-state index in [4.69, 9.17) is 22.4 Å². The van der Waals surface area contributed by atoms with Crippen LogP contribution in [0.3, 0.4) is 0 Å². The molecule has 0 radical (unpaired) electrons. The molecule has 7 nitrogen and oxygen atoms in total. The second-order valence-electron chi connectivity index (χ2n) is 3.37. The summed E-state index contributed by atoms with van der Waals surface area (Å²) in [6, 6.07) is 0. The summed E-state index contributed by atoms with van der Waals surface area (Å²) in [5.74, 6) is -2.56. The van der Waals surface area contributed by atoms with Crippen LogP contribution in [0.5, 0.6) is 5.88 Å². The number of aromatic nitrogens is 2. The van der Waals surface area contributed by atoms with Crippen LogP contribution in [0.2, 0.25) is 0 Å². The molecule has 0 aromatic carbocycles. The highest BCUT2D eigenvalue weighted by Gasteiger charge is 2.18. The average Bonchev–Trinajstić information content (AvgIpc) is 2.42. The summed E-state index contributed by atoms with van der Waals surface area (Å²) in [6.45, 7) is 0.819. The molecule has 17 heavy (non-hydrogen) atoms. The van der Waals surface area contributed by atoms with Gasteiger partial charge in [0.1, 0.15) is 13.1 Å². The molecular formula is C9H12N2O5S. The van der Waals surface area contributed by atoms with E-state index in [9.17, 15) is 14.7 Å². The van der Waals surface area contributed by atoms with Gasteiger partial charge in [0.15, 0.2) is 4.77 Å². The first-order valence-corrected chi connectivity index (χ1v) is 5.24. The number of rotatable bonds is 5. The van der Waals surface area contributed by atoms with Gasteiger partial charge in [0.2, 0.25) is 5.88 Å². The molecule has 1 aromatic rings. The van der Waals surface area contributed by atoms with Crippen LogP contribution in [0, 0.1) is 4.77 Å². The van der Waals surface area contributed by atoms with Crippen molar-refractivity contribution in [2.45, 2.75) is 26.4 Å². The number of aliphatic carboxylic acids is 2. The largest absolute Gasteiger partial charge is 0.493 e. The Hall–Kier alpha value is -1.83. The highest BCUT2D eigenvalue weighted by atomic mass is 32.1. The molecular weight excluding hydrogens is 248 g/mol. The second-order valence-corrected chi connectivity index (χ2v) is 3.73. The highest BCUT2D eigenvalue weighted by molar-refractivity contribution is 7.71. The lowest BCUT2D eigenvalue weighted by molar-refractivity contribution is -0.138. The lowest BCUT2D eigenvalue weighted by Crippen LogP contribution is -2.13. The maximum atomic E-state index is 10.7. The third kappa shape index (κ3) is 2.64. The molecule has 1 rings (SSSR count). The number of carboxylic acids is 2. The molecule has 0 spiro atoms. The second kappa shape index (κ2) is 5.00. The Morgan fingerprint density at radius 1 is 1.18 bits per heavy atom. The fourth-order valence-electron chi connectivity index (χ4n) is 1.55. The van der Waals surface area contributed by atoms with E-state index < -0.39 is 25.0 Å². The number of hydrogen-bond acceptors (Lipinski definition) is 4. The predicted octanol–water partition coefficient (Wildman–Crippen LogP) is 0.456. The van der Waals surface area contributed by atoms with Crippen LogP contribution in [0.15, 0.2) is 0 Å². The van der Waals surface area contributed by atoms with Crippen LogP contribution in [0.4, 0.5) is 0 Å². The van der Waals surface area contributed by atoms with Crippen LogP contribution in [0.1, 0.15) is 12.6 Å². The fraction of sp³-hybridized carbons (Fsp3) is 0.444. The summed E-state index contributed by atoms with van der Waals surface area (Å²) in [5, 5.41) is 27.2. The van der Waals surface area contributed by atoms with Crippen LogP contribution in [0.25, 0.3) is 0 Å². The van der Waals surface area contributed by atoms with Crippen LogP contribution in [-0.2, 0) is 29.1 Å². The van der Waals surface area contributed by atoms with E-state index in [1.807, 2.05) is 0 Å². The average molecular weight is 260 g/mol. The normalized spacial score (nSPS) is 10.4. The minimum absolute atomic E-state index is 0.0100. The van der Waals surface area contributed by atoms with Crippen molar-refractivity contribution in [1.29, 1.82) is 0 Å². The molecule has 0 saturated heterocycles. The van der Waals surface area contributed by atoms with Gasteiger partial charge in [-0.1, -0.05) is 6.92 Å². The van der Waals surface area contributed by atoms with Crippen molar-refractivity contribution in [1.82, 2.24) is 9.13 Å². The zero-order valence-corrected chi connectivity index (χ0v) is 9.90. The summed E-state index contributed by atoms with van der Waals surface area (Å²) in [5.41, 5.74) is 0.318. The summed E-state index contributed by atoms with van der Waals surface area (Å²) < 4.78 is 2.21. The topological polar surface area (TPSA) is 105 Å². The van der Waals surface area contributed by atoms with Gasteiger partial charge in [-0.05, 0) is 18.6 Å². The molecule has 0 unspecified atom stereocenters. The predicted molar refractivity (Wildman–Crippen MR) is 59.6 cm³/mol. The third-order valence-corrected chi connectivity index (χ3v) is 2.66. The lowest BCUT2D eigenvalue weighted by atomic mass is 10.3. The fourth-order valence-corrected chi connectivity index (χ4v) is 1.88. The molecule has 3 N–H and O–H groups in total. The molecule has 8 heteroatoms. The summed E-state index contributed by atoms with van der Waals surface area (Å²) in [4.78, 5) is 21.3. The van der Waals surface area contributed by atoms with Crippen LogP contribution >= 0.6 is 12.2 Å². The Balaban J connectivity index is 3.34. The Labute approximate surface area is 102 Å². The van der Waals surface area contributed by atoms with Crippen LogP contribution in [-0.4, -0.2) is 36.4 Å². The Bertz CT molecular complexity index is 516. The minimum atomic E-state index is -1.16. The van der Waals surface area contributed by atoms with E-state index >= 15 is 0 Å². The summed E-state index contributed by atoms with van der Waals surface area (Å²) >= 11 is 4.94. The number of carboxylic acid groups (broad SMARTS) is 2. The van der Waals surface area contributed by atoms with Crippen LogP contribution < -0.4 is 0 Å². The van der Waals surface area contributed by atoms with Crippen molar-refractivity contribution >= 4 is 24.2 Å². The van der Waals surface area contributed by atoms with Gasteiger partial charge in [-0.15, -0.1) is 0 Å². The van der Waals surface area contributed by atoms with Gasteiger partial charge in [-0.2, -0.15) is 0 Å². The van der Waals surface area contributed by atoms with Gasteiger partial charge < -0.3 is 19.9 Å². The van der Waals surface area contributed by atoms with Crippen molar-refractivity contribution in [2.24, 2.45) is 0 Å². The van der Waals surface area contributed by atoms with E-state index in [-0.39, 0.29) is 10.7 Å². The van der Waals surface area contributed by atoms with E-state index in [1.54, 1.807) is 6.92 Å².